The second-order valence-electron chi connectivity index (χ2n) is 7.21. The molecular weight excluding hydrogens is 408 g/mol. The van der Waals surface area contributed by atoms with Crippen molar-refractivity contribution < 1.29 is 24.6 Å². The number of benzene rings is 3. The lowest BCUT2D eigenvalue weighted by Gasteiger charge is -2.16. The summed E-state index contributed by atoms with van der Waals surface area (Å²) in [6.07, 6.45) is 0.540. The Hall–Kier alpha value is -3.97. The molecule has 3 aromatic rings. The average molecular weight is 432 g/mol. The first-order chi connectivity index (χ1) is 15.4. The Bertz CT molecular complexity index is 1160. The van der Waals surface area contributed by atoms with E-state index in [0.29, 0.717) is 35.2 Å². The minimum Gasteiger partial charge on any atom is -0.478 e. The number of likely N-dealkylation sites (N-methyl/N-ethyl adjacent to an activating group) is 1. The second-order valence-corrected chi connectivity index (χ2v) is 7.21. The van der Waals surface area contributed by atoms with Crippen molar-refractivity contribution >= 4 is 17.8 Å². The Morgan fingerprint density at radius 3 is 1.88 bits per heavy atom. The van der Waals surface area contributed by atoms with Gasteiger partial charge in [0, 0.05) is 6.54 Å². The van der Waals surface area contributed by atoms with Gasteiger partial charge in [0.25, 0.3) is 0 Å². The smallest absolute Gasteiger partial charge is 0.336 e. The zero-order valence-electron chi connectivity index (χ0n) is 17.6. The lowest BCUT2D eigenvalue weighted by molar-refractivity contribution is -0.120. The Morgan fingerprint density at radius 1 is 0.750 bits per heavy atom. The van der Waals surface area contributed by atoms with E-state index in [4.69, 9.17) is 0 Å². The first-order valence-electron chi connectivity index (χ1n) is 10.1. The molecule has 0 atom stereocenters. The highest BCUT2D eigenvalue weighted by Crippen LogP contribution is 2.36. The van der Waals surface area contributed by atoms with Crippen molar-refractivity contribution in [1.82, 2.24) is 10.6 Å². The van der Waals surface area contributed by atoms with Crippen LogP contribution < -0.4 is 10.6 Å². The maximum atomic E-state index is 11.9. The molecule has 32 heavy (non-hydrogen) atoms. The monoisotopic (exact) mass is 432 g/mol. The number of hydrogen-bond donors (Lipinski definition) is 4. The second kappa shape index (κ2) is 10.4. The van der Waals surface area contributed by atoms with Crippen LogP contribution in [0.2, 0.25) is 0 Å². The number of amides is 1. The normalized spacial score (nSPS) is 10.5. The molecule has 0 heterocycles. The zero-order valence-corrected chi connectivity index (χ0v) is 17.6. The van der Waals surface area contributed by atoms with Crippen molar-refractivity contribution in [1.29, 1.82) is 0 Å². The summed E-state index contributed by atoms with van der Waals surface area (Å²) in [5.41, 5.74) is 3.40. The minimum atomic E-state index is -1.07. The quantitative estimate of drug-likeness (QED) is 0.412. The van der Waals surface area contributed by atoms with Gasteiger partial charge in [-0.2, -0.15) is 0 Å². The molecule has 4 N–H and O–H groups in total. The van der Waals surface area contributed by atoms with Gasteiger partial charge in [-0.05, 0) is 53.4 Å². The highest BCUT2D eigenvalue weighted by Gasteiger charge is 2.19. The Kier molecular flexibility index (Phi) is 7.36. The van der Waals surface area contributed by atoms with Crippen molar-refractivity contribution in [2.75, 3.05) is 20.1 Å². The molecule has 0 unspecified atom stereocenters. The predicted molar refractivity (Wildman–Crippen MR) is 122 cm³/mol. The van der Waals surface area contributed by atoms with E-state index in [9.17, 15) is 24.6 Å². The highest BCUT2D eigenvalue weighted by atomic mass is 16.4. The number of nitrogens with one attached hydrogen (secondary N) is 2. The predicted octanol–water partition coefficient (Wildman–Crippen LogP) is 3.30. The van der Waals surface area contributed by atoms with Gasteiger partial charge in [0.15, 0.2) is 0 Å². The average Bonchev–Trinajstić information content (AvgIpc) is 2.79. The van der Waals surface area contributed by atoms with Crippen molar-refractivity contribution in [3.8, 4) is 22.3 Å². The van der Waals surface area contributed by atoms with E-state index in [1.165, 1.54) is 12.1 Å². The molecule has 0 aliphatic carbocycles. The van der Waals surface area contributed by atoms with Crippen LogP contribution in [-0.4, -0.2) is 48.2 Å². The molecule has 164 valence electrons. The van der Waals surface area contributed by atoms with E-state index in [1.54, 1.807) is 49.5 Å². The fourth-order valence-electron chi connectivity index (χ4n) is 3.58. The molecule has 0 radical (unpaired) electrons. The number of carbonyl (C=O) groups is 3. The Morgan fingerprint density at radius 2 is 1.31 bits per heavy atom. The van der Waals surface area contributed by atoms with Crippen LogP contribution in [0.4, 0.5) is 0 Å². The molecule has 0 aliphatic rings. The van der Waals surface area contributed by atoms with Crippen molar-refractivity contribution in [3.05, 3.63) is 83.4 Å². The molecule has 3 rings (SSSR count). The molecule has 0 aromatic heterocycles. The number of rotatable bonds is 9. The SMILES string of the molecule is CNCC(=O)NCCc1ccc(-c2ccccc2C(=O)O)c(-c2ccccc2C(=O)O)c1. The van der Waals surface area contributed by atoms with Crippen LogP contribution in [0.5, 0.6) is 0 Å². The first kappa shape index (κ1) is 22.7. The van der Waals surface area contributed by atoms with Crippen molar-refractivity contribution in [2.24, 2.45) is 0 Å². The van der Waals surface area contributed by atoms with E-state index in [-0.39, 0.29) is 23.6 Å². The van der Waals surface area contributed by atoms with Gasteiger partial charge < -0.3 is 20.8 Å². The van der Waals surface area contributed by atoms with E-state index in [1.807, 2.05) is 12.1 Å². The van der Waals surface area contributed by atoms with Gasteiger partial charge in [0.05, 0.1) is 17.7 Å². The van der Waals surface area contributed by atoms with E-state index in [2.05, 4.69) is 10.6 Å². The number of hydrogen-bond acceptors (Lipinski definition) is 4. The Balaban J connectivity index is 2.10. The molecule has 7 nitrogen and oxygen atoms in total. The standard InChI is InChI=1S/C25H24N2O5/c1-26-15-23(28)27-13-12-16-10-11-19(17-6-2-4-8-20(17)24(29)30)22(14-16)18-7-3-5-9-21(18)25(31)32/h2-11,14,26H,12-13,15H2,1H3,(H,27,28)(H,29,30)(H,31,32). The van der Waals surface area contributed by atoms with Crippen LogP contribution in [0, 0.1) is 0 Å². The summed E-state index contributed by atoms with van der Waals surface area (Å²) in [5.74, 6) is -2.24. The van der Waals surface area contributed by atoms with Crippen LogP contribution in [-0.2, 0) is 11.2 Å². The summed E-state index contributed by atoms with van der Waals surface area (Å²) in [6, 6.07) is 18.8. The van der Waals surface area contributed by atoms with E-state index in [0.717, 1.165) is 5.56 Å². The third-order valence-electron chi connectivity index (χ3n) is 5.05. The summed E-state index contributed by atoms with van der Waals surface area (Å²) >= 11 is 0. The summed E-state index contributed by atoms with van der Waals surface area (Å²) in [4.78, 5) is 35.4. The van der Waals surface area contributed by atoms with Crippen molar-refractivity contribution in [3.63, 3.8) is 0 Å². The number of carboxylic acids is 2. The van der Waals surface area contributed by atoms with E-state index >= 15 is 0 Å². The highest BCUT2D eigenvalue weighted by molar-refractivity contribution is 6.02. The molecule has 0 aliphatic heterocycles. The maximum absolute atomic E-state index is 11.9. The molecule has 7 heteroatoms. The maximum Gasteiger partial charge on any atom is 0.336 e. The zero-order chi connectivity index (χ0) is 23.1. The number of aromatic carboxylic acids is 2. The lowest BCUT2D eigenvalue weighted by Crippen LogP contribution is -2.33. The van der Waals surface area contributed by atoms with Gasteiger partial charge in [-0.25, -0.2) is 9.59 Å². The first-order valence-corrected chi connectivity index (χ1v) is 10.1. The largest absolute Gasteiger partial charge is 0.478 e. The van der Waals surface area contributed by atoms with Crippen LogP contribution >= 0.6 is 0 Å². The van der Waals surface area contributed by atoms with Crippen LogP contribution in [0.1, 0.15) is 26.3 Å². The number of carbonyl (C=O) groups excluding carboxylic acids is 1. The third kappa shape index (κ3) is 5.19. The third-order valence-corrected chi connectivity index (χ3v) is 5.05. The van der Waals surface area contributed by atoms with Crippen LogP contribution in [0.25, 0.3) is 22.3 Å². The molecule has 0 bridgehead atoms. The van der Waals surface area contributed by atoms with Crippen molar-refractivity contribution in [2.45, 2.75) is 6.42 Å². The van der Waals surface area contributed by atoms with Crippen LogP contribution in [0.15, 0.2) is 66.7 Å². The minimum absolute atomic E-state index is 0.115. The van der Waals surface area contributed by atoms with Gasteiger partial charge in [0.1, 0.15) is 0 Å². The molecule has 0 saturated carbocycles. The van der Waals surface area contributed by atoms with Gasteiger partial charge in [-0.3, -0.25) is 4.79 Å². The van der Waals surface area contributed by atoms with Gasteiger partial charge in [-0.1, -0.05) is 54.6 Å². The van der Waals surface area contributed by atoms with Crippen LogP contribution in [0.3, 0.4) is 0 Å². The fourth-order valence-corrected chi connectivity index (χ4v) is 3.58. The summed E-state index contributed by atoms with van der Waals surface area (Å²) in [6.45, 7) is 0.647. The lowest BCUT2D eigenvalue weighted by atomic mass is 9.88. The van der Waals surface area contributed by atoms with Gasteiger partial charge in [-0.15, -0.1) is 0 Å². The van der Waals surface area contributed by atoms with Gasteiger partial charge >= 0.3 is 11.9 Å². The molecule has 0 saturated heterocycles. The molecule has 0 fully saturated rings. The molecule has 3 aromatic carbocycles. The topological polar surface area (TPSA) is 116 Å². The van der Waals surface area contributed by atoms with Gasteiger partial charge in [0.2, 0.25) is 5.91 Å². The number of carboxylic acid groups (broad SMARTS) is 2. The molecular formula is C25H24N2O5. The fraction of sp³-hybridized carbons (Fsp3) is 0.160. The summed E-state index contributed by atoms with van der Waals surface area (Å²) < 4.78 is 0. The van der Waals surface area contributed by atoms with E-state index < -0.39 is 11.9 Å². The molecule has 1 amide bonds. The molecule has 0 spiro atoms. The Labute approximate surface area is 185 Å². The summed E-state index contributed by atoms with van der Waals surface area (Å²) in [7, 11) is 1.69. The summed E-state index contributed by atoms with van der Waals surface area (Å²) in [5, 5.41) is 25.0.